The van der Waals surface area contributed by atoms with Gasteiger partial charge in [-0.3, -0.25) is 9.59 Å². The van der Waals surface area contributed by atoms with Gasteiger partial charge in [-0.1, -0.05) is 0 Å². The van der Waals surface area contributed by atoms with Crippen LogP contribution in [0.2, 0.25) is 0 Å². The number of nitrogens with one attached hydrogen (secondary N) is 1. The molecular formula is C16H21NO3S. The first-order valence-electron chi connectivity index (χ1n) is 7.16. The summed E-state index contributed by atoms with van der Waals surface area (Å²) in [5.41, 5.74) is 0.683. The molecule has 1 aliphatic rings. The van der Waals surface area contributed by atoms with E-state index in [1.54, 1.807) is 11.8 Å². The molecule has 0 spiro atoms. The van der Waals surface area contributed by atoms with Crippen molar-refractivity contribution in [2.45, 2.75) is 36.6 Å². The molecule has 1 aromatic rings. The summed E-state index contributed by atoms with van der Waals surface area (Å²) in [6, 6.07) is 7.75. The number of thioether (sulfide) groups is 1. The number of hydrogen-bond acceptors (Lipinski definition) is 4. The molecule has 0 radical (unpaired) electrons. The standard InChI is InChI=1S/C16H21NO3S/c1-20-16(19)12-3-7-13(8-4-12)17-15(18)11-5-9-14(21-2)10-6-11/h5-6,9-10,12-13H,3-4,7-8H2,1-2H3,(H,17,18). The largest absolute Gasteiger partial charge is 0.469 e. The van der Waals surface area contributed by atoms with E-state index in [0.29, 0.717) is 5.56 Å². The monoisotopic (exact) mass is 307 g/mol. The van der Waals surface area contributed by atoms with Crippen molar-refractivity contribution in [1.29, 1.82) is 0 Å². The van der Waals surface area contributed by atoms with Gasteiger partial charge in [0.05, 0.1) is 13.0 Å². The van der Waals surface area contributed by atoms with Crippen LogP contribution in [0.3, 0.4) is 0 Å². The lowest BCUT2D eigenvalue weighted by atomic mass is 9.86. The van der Waals surface area contributed by atoms with Gasteiger partial charge < -0.3 is 10.1 Å². The van der Waals surface area contributed by atoms with Crippen molar-refractivity contribution in [3.05, 3.63) is 29.8 Å². The van der Waals surface area contributed by atoms with Crippen LogP contribution in [-0.2, 0) is 9.53 Å². The Morgan fingerprint density at radius 1 is 1.14 bits per heavy atom. The highest BCUT2D eigenvalue weighted by molar-refractivity contribution is 7.98. The minimum absolute atomic E-state index is 0.0102. The lowest BCUT2D eigenvalue weighted by molar-refractivity contribution is -0.146. The third kappa shape index (κ3) is 4.24. The van der Waals surface area contributed by atoms with E-state index < -0.39 is 0 Å². The molecule has 21 heavy (non-hydrogen) atoms. The minimum Gasteiger partial charge on any atom is -0.469 e. The predicted molar refractivity (Wildman–Crippen MR) is 83.5 cm³/mol. The van der Waals surface area contributed by atoms with Crippen molar-refractivity contribution < 1.29 is 14.3 Å². The lowest BCUT2D eigenvalue weighted by Crippen LogP contribution is -2.38. The fraction of sp³-hybridized carbons (Fsp3) is 0.500. The van der Waals surface area contributed by atoms with Crippen molar-refractivity contribution in [2.75, 3.05) is 13.4 Å². The summed E-state index contributed by atoms with van der Waals surface area (Å²) >= 11 is 1.65. The molecule has 0 atom stereocenters. The summed E-state index contributed by atoms with van der Waals surface area (Å²) < 4.78 is 4.77. The predicted octanol–water partition coefficient (Wildman–Crippen LogP) is 2.87. The Bertz CT molecular complexity index is 493. The Morgan fingerprint density at radius 3 is 2.29 bits per heavy atom. The molecule has 0 saturated heterocycles. The van der Waals surface area contributed by atoms with Gasteiger partial charge in [-0.15, -0.1) is 11.8 Å². The molecule has 0 aliphatic heterocycles. The van der Waals surface area contributed by atoms with Crippen LogP contribution in [-0.4, -0.2) is 31.3 Å². The van der Waals surface area contributed by atoms with Crippen LogP contribution in [0.15, 0.2) is 29.2 Å². The minimum atomic E-state index is -0.132. The van der Waals surface area contributed by atoms with Gasteiger partial charge >= 0.3 is 5.97 Å². The summed E-state index contributed by atoms with van der Waals surface area (Å²) in [7, 11) is 1.43. The fourth-order valence-corrected chi connectivity index (χ4v) is 3.06. The first kappa shape index (κ1) is 15.9. The number of hydrogen-bond donors (Lipinski definition) is 1. The number of amides is 1. The molecule has 1 aliphatic carbocycles. The van der Waals surface area contributed by atoms with Crippen LogP contribution in [0.1, 0.15) is 36.0 Å². The number of ether oxygens (including phenoxy) is 1. The van der Waals surface area contributed by atoms with Crippen LogP contribution in [0.25, 0.3) is 0 Å². The zero-order valence-electron chi connectivity index (χ0n) is 12.4. The number of carbonyl (C=O) groups excluding carboxylic acids is 2. The van der Waals surface area contributed by atoms with E-state index in [1.807, 2.05) is 30.5 Å². The molecule has 1 aromatic carbocycles. The molecule has 2 rings (SSSR count). The SMILES string of the molecule is COC(=O)C1CCC(NC(=O)c2ccc(SC)cc2)CC1. The van der Waals surface area contributed by atoms with E-state index in [2.05, 4.69) is 5.32 Å². The number of rotatable bonds is 4. The van der Waals surface area contributed by atoms with E-state index in [9.17, 15) is 9.59 Å². The molecule has 0 bridgehead atoms. The molecule has 114 valence electrons. The lowest BCUT2D eigenvalue weighted by Gasteiger charge is -2.27. The first-order valence-corrected chi connectivity index (χ1v) is 8.39. The Hall–Kier alpha value is -1.49. The van der Waals surface area contributed by atoms with Gasteiger partial charge in [-0.2, -0.15) is 0 Å². The van der Waals surface area contributed by atoms with Crippen LogP contribution < -0.4 is 5.32 Å². The third-order valence-corrected chi connectivity index (χ3v) is 4.69. The van der Waals surface area contributed by atoms with Crippen LogP contribution in [0, 0.1) is 5.92 Å². The van der Waals surface area contributed by atoms with Crippen LogP contribution in [0.4, 0.5) is 0 Å². The summed E-state index contributed by atoms with van der Waals surface area (Å²) in [5, 5.41) is 3.05. The summed E-state index contributed by atoms with van der Waals surface area (Å²) in [5.74, 6) is -0.180. The first-order chi connectivity index (χ1) is 10.1. The Balaban J connectivity index is 1.85. The van der Waals surface area contributed by atoms with Crippen molar-refractivity contribution >= 4 is 23.6 Å². The molecular weight excluding hydrogens is 286 g/mol. The van der Waals surface area contributed by atoms with Gasteiger partial charge in [0, 0.05) is 16.5 Å². The molecule has 0 unspecified atom stereocenters. The maximum Gasteiger partial charge on any atom is 0.308 e. The van der Waals surface area contributed by atoms with Gasteiger partial charge in [0.25, 0.3) is 5.91 Å². The van der Waals surface area contributed by atoms with Gasteiger partial charge in [0.15, 0.2) is 0 Å². The third-order valence-electron chi connectivity index (χ3n) is 3.95. The zero-order valence-corrected chi connectivity index (χ0v) is 13.2. The maximum atomic E-state index is 12.2. The molecule has 1 amide bonds. The number of esters is 1. The fourth-order valence-electron chi connectivity index (χ4n) is 2.65. The molecule has 0 heterocycles. The summed E-state index contributed by atoms with van der Waals surface area (Å²) in [6.45, 7) is 0. The highest BCUT2D eigenvalue weighted by Crippen LogP contribution is 2.25. The van der Waals surface area contributed by atoms with E-state index in [-0.39, 0.29) is 23.8 Å². The highest BCUT2D eigenvalue weighted by atomic mass is 32.2. The van der Waals surface area contributed by atoms with Crippen LogP contribution in [0.5, 0.6) is 0 Å². The van der Waals surface area contributed by atoms with Crippen molar-refractivity contribution in [1.82, 2.24) is 5.32 Å². The molecule has 5 heteroatoms. The van der Waals surface area contributed by atoms with E-state index in [1.165, 1.54) is 7.11 Å². The number of benzene rings is 1. The van der Waals surface area contributed by atoms with E-state index in [4.69, 9.17) is 4.74 Å². The maximum absolute atomic E-state index is 12.2. The number of methoxy groups -OCH3 is 1. The Morgan fingerprint density at radius 2 is 1.76 bits per heavy atom. The summed E-state index contributed by atoms with van der Waals surface area (Å²) in [6.07, 6.45) is 5.23. The van der Waals surface area contributed by atoms with Gasteiger partial charge in [0.2, 0.25) is 0 Å². The second kappa shape index (κ2) is 7.50. The molecule has 0 aromatic heterocycles. The van der Waals surface area contributed by atoms with Gasteiger partial charge in [-0.05, 0) is 56.2 Å². The Kier molecular flexibility index (Phi) is 5.67. The number of carbonyl (C=O) groups is 2. The molecule has 1 N–H and O–H groups in total. The van der Waals surface area contributed by atoms with E-state index in [0.717, 1.165) is 30.6 Å². The summed E-state index contributed by atoms with van der Waals surface area (Å²) in [4.78, 5) is 24.8. The van der Waals surface area contributed by atoms with Crippen molar-refractivity contribution in [3.63, 3.8) is 0 Å². The zero-order chi connectivity index (χ0) is 15.2. The normalized spacial score (nSPS) is 21.6. The van der Waals surface area contributed by atoms with Gasteiger partial charge in [-0.25, -0.2) is 0 Å². The van der Waals surface area contributed by atoms with Crippen molar-refractivity contribution in [2.24, 2.45) is 5.92 Å². The van der Waals surface area contributed by atoms with Crippen LogP contribution >= 0.6 is 11.8 Å². The quantitative estimate of drug-likeness (QED) is 0.686. The second-order valence-electron chi connectivity index (χ2n) is 5.27. The van der Waals surface area contributed by atoms with E-state index >= 15 is 0 Å². The molecule has 1 saturated carbocycles. The topological polar surface area (TPSA) is 55.4 Å². The van der Waals surface area contributed by atoms with Gasteiger partial charge in [0.1, 0.15) is 0 Å². The smallest absolute Gasteiger partial charge is 0.308 e. The Labute approximate surface area is 129 Å². The average Bonchev–Trinajstić information content (AvgIpc) is 2.55. The highest BCUT2D eigenvalue weighted by Gasteiger charge is 2.27. The molecule has 1 fully saturated rings. The molecule has 4 nitrogen and oxygen atoms in total. The second-order valence-corrected chi connectivity index (χ2v) is 6.15. The van der Waals surface area contributed by atoms with Crippen molar-refractivity contribution in [3.8, 4) is 0 Å². The average molecular weight is 307 g/mol.